The van der Waals surface area contributed by atoms with Crippen LogP contribution in [0, 0.1) is 0 Å². The van der Waals surface area contributed by atoms with Gasteiger partial charge in [-0.15, -0.1) is 0 Å². The van der Waals surface area contributed by atoms with E-state index >= 15 is 0 Å². The van der Waals surface area contributed by atoms with Crippen LogP contribution in [0.5, 0.6) is 0 Å². The van der Waals surface area contributed by atoms with E-state index in [4.69, 9.17) is 0 Å². The van der Waals surface area contributed by atoms with Crippen LogP contribution in [0.15, 0.2) is 28.7 Å². The molecule has 0 aliphatic heterocycles. The average Bonchev–Trinajstić information content (AvgIpc) is 2.18. The molecule has 0 fully saturated rings. The third-order valence-corrected chi connectivity index (χ3v) is 2.82. The SMILES string of the molecule is CCCN(C)CC(O)c1cccc(Br)c1. The minimum Gasteiger partial charge on any atom is -0.387 e. The molecule has 0 amide bonds. The topological polar surface area (TPSA) is 23.5 Å². The van der Waals surface area contributed by atoms with Gasteiger partial charge in [-0.05, 0) is 37.7 Å². The first kappa shape index (κ1) is 12.7. The zero-order valence-corrected chi connectivity index (χ0v) is 10.9. The number of likely N-dealkylation sites (N-methyl/N-ethyl adjacent to an activating group) is 1. The fraction of sp³-hybridized carbons (Fsp3) is 0.500. The number of aliphatic hydroxyl groups excluding tert-OH is 1. The van der Waals surface area contributed by atoms with Gasteiger partial charge in [0.25, 0.3) is 0 Å². The molecule has 0 heterocycles. The molecule has 0 radical (unpaired) electrons. The minimum atomic E-state index is -0.404. The van der Waals surface area contributed by atoms with Crippen molar-refractivity contribution in [2.75, 3.05) is 20.1 Å². The maximum Gasteiger partial charge on any atom is 0.0917 e. The highest BCUT2D eigenvalue weighted by molar-refractivity contribution is 9.10. The molecule has 15 heavy (non-hydrogen) atoms. The van der Waals surface area contributed by atoms with E-state index in [0.29, 0.717) is 6.54 Å². The number of rotatable bonds is 5. The first-order valence-electron chi connectivity index (χ1n) is 5.25. The second kappa shape index (κ2) is 6.26. The van der Waals surface area contributed by atoms with E-state index in [0.717, 1.165) is 23.0 Å². The summed E-state index contributed by atoms with van der Waals surface area (Å²) in [4.78, 5) is 2.14. The fourth-order valence-electron chi connectivity index (χ4n) is 1.59. The molecular weight excluding hydrogens is 254 g/mol. The molecule has 0 spiro atoms. The second-order valence-electron chi connectivity index (χ2n) is 3.83. The normalized spacial score (nSPS) is 13.1. The van der Waals surface area contributed by atoms with E-state index < -0.39 is 6.10 Å². The molecule has 0 saturated carbocycles. The smallest absolute Gasteiger partial charge is 0.0917 e. The van der Waals surface area contributed by atoms with Crippen molar-refractivity contribution in [2.24, 2.45) is 0 Å². The highest BCUT2D eigenvalue weighted by Gasteiger charge is 2.09. The maximum atomic E-state index is 9.98. The average molecular weight is 272 g/mol. The number of aliphatic hydroxyl groups is 1. The molecule has 84 valence electrons. The van der Waals surface area contributed by atoms with Gasteiger partial charge in [0.2, 0.25) is 0 Å². The molecule has 1 atom stereocenters. The zero-order chi connectivity index (χ0) is 11.3. The number of nitrogens with zero attached hydrogens (tertiary/aromatic N) is 1. The summed E-state index contributed by atoms with van der Waals surface area (Å²) in [7, 11) is 2.03. The van der Waals surface area contributed by atoms with Gasteiger partial charge < -0.3 is 10.0 Å². The van der Waals surface area contributed by atoms with Crippen molar-refractivity contribution in [3.8, 4) is 0 Å². The Labute approximate surface area is 100 Å². The lowest BCUT2D eigenvalue weighted by atomic mass is 10.1. The zero-order valence-electron chi connectivity index (χ0n) is 9.28. The van der Waals surface area contributed by atoms with Crippen LogP contribution in [0.4, 0.5) is 0 Å². The van der Waals surface area contributed by atoms with Gasteiger partial charge in [0, 0.05) is 11.0 Å². The summed E-state index contributed by atoms with van der Waals surface area (Å²) in [5.41, 5.74) is 0.965. The van der Waals surface area contributed by atoms with Crippen molar-refractivity contribution >= 4 is 15.9 Å². The second-order valence-corrected chi connectivity index (χ2v) is 4.75. The summed E-state index contributed by atoms with van der Waals surface area (Å²) >= 11 is 3.40. The van der Waals surface area contributed by atoms with Crippen molar-refractivity contribution in [3.63, 3.8) is 0 Å². The fourth-order valence-corrected chi connectivity index (χ4v) is 2.00. The van der Waals surface area contributed by atoms with Crippen molar-refractivity contribution in [2.45, 2.75) is 19.4 Å². The molecule has 0 saturated heterocycles. The lowest BCUT2D eigenvalue weighted by Crippen LogP contribution is -2.25. The molecule has 0 aliphatic carbocycles. The van der Waals surface area contributed by atoms with E-state index in [1.54, 1.807) is 0 Å². The predicted molar refractivity (Wildman–Crippen MR) is 66.9 cm³/mol. The number of hydrogen-bond acceptors (Lipinski definition) is 2. The monoisotopic (exact) mass is 271 g/mol. The summed E-state index contributed by atoms with van der Waals surface area (Å²) in [5, 5.41) is 9.98. The summed E-state index contributed by atoms with van der Waals surface area (Å²) in [5.74, 6) is 0. The molecule has 3 heteroatoms. The largest absolute Gasteiger partial charge is 0.387 e. The van der Waals surface area contributed by atoms with Crippen LogP contribution in [-0.4, -0.2) is 30.1 Å². The Morgan fingerprint density at radius 3 is 2.80 bits per heavy atom. The van der Waals surface area contributed by atoms with Gasteiger partial charge in [0.1, 0.15) is 0 Å². The molecule has 0 bridgehead atoms. The van der Waals surface area contributed by atoms with Gasteiger partial charge >= 0.3 is 0 Å². The quantitative estimate of drug-likeness (QED) is 0.891. The van der Waals surface area contributed by atoms with Gasteiger partial charge in [-0.2, -0.15) is 0 Å². The van der Waals surface area contributed by atoms with E-state index in [2.05, 4.69) is 27.8 Å². The van der Waals surface area contributed by atoms with Gasteiger partial charge in [-0.25, -0.2) is 0 Å². The van der Waals surface area contributed by atoms with Crippen LogP contribution in [-0.2, 0) is 0 Å². The molecule has 1 rings (SSSR count). The van der Waals surface area contributed by atoms with Crippen LogP contribution >= 0.6 is 15.9 Å². The minimum absolute atomic E-state index is 0.404. The standard InChI is InChI=1S/C12H18BrNO/c1-3-7-14(2)9-12(15)10-5-4-6-11(13)8-10/h4-6,8,12,15H,3,7,9H2,1-2H3. The van der Waals surface area contributed by atoms with Crippen LogP contribution in [0.3, 0.4) is 0 Å². The van der Waals surface area contributed by atoms with E-state index in [1.165, 1.54) is 0 Å². The highest BCUT2D eigenvalue weighted by atomic mass is 79.9. The Bertz CT molecular complexity index is 303. The first-order chi connectivity index (χ1) is 7.13. The summed E-state index contributed by atoms with van der Waals surface area (Å²) in [6, 6.07) is 7.83. The molecule has 0 aliphatic rings. The van der Waals surface area contributed by atoms with Crippen molar-refractivity contribution in [1.82, 2.24) is 4.90 Å². The molecular formula is C12H18BrNO. The van der Waals surface area contributed by atoms with Crippen LogP contribution in [0.25, 0.3) is 0 Å². The Morgan fingerprint density at radius 1 is 1.47 bits per heavy atom. The van der Waals surface area contributed by atoms with E-state index in [9.17, 15) is 5.11 Å². The Balaban J connectivity index is 2.56. The molecule has 2 nitrogen and oxygen atoms in total. The summed E-state index contributed by atoms with van der Waals surface area (Å²) < 4.78 is 1.01. The van der Waals surface area contributed by atoms with Crippen molar-refractivity contribution in [3.05, 3.63) is 34.3 Å². The van der Waals surface area contributed by atoms with Crippen LogP contribution in [0.1, 0.15) is 25.0 Å². The molecule has 1 unspecified atom stereocenters. The lowest BCUT2D eigenvalue weighted by molar-refractivity contribution is 0.127. The summed E-state index contributed by atoms with van der Waals surface area (Å²) in [6.45, 7) is 3.84. The third kappa shape index (κ3) is 4.33. The molecule has 1 aromatic rings. The molecule has 0 aromatic heterocycles. The van der Waals surface area contributed by atoms with Crippen molar-refractivity contribution in [1.29, 1.82) is 0 Å². The number of benzene rings is 1. The Kier molecular flexibility index (Phi) is 5.29. The summed E-state index contributed by atoms with van der Waals surface area (Å²) in [6.07, 6.45) is 0.709. The highest BCUT2D eigenvalue weighted by Crippen LogP contribution is 2.18. The maximum absolute atomic E-state index is 9.98. The first-order valence-corrected chi connectivity index (χ1v) is 6.05. The van der Waals surface area contributed by atoms with E-state index in [1.807, 2.05) is 31.3 Å². The molecule has 1 aromatic carbocycles. The van der Waals surface area contributed by atoms with Crippen LogP contribution in [0.2, 0.25) is 0 Å². The van der Waals surface area contributed by atoms with Crippen molar-refractivity contribution < 1.29 is 5.11 Å². The molecule has 1 N–H and O–H groups in total. The van der Waals surface area contributed by atoms with Gasteiger partial charge in [0.05, 0.1) is 6.10 Å². The van der Waals surface area contributed by atoms with E-state index in [-0.39, 0.29) is 0 Å². The third-order valence-electron chi connectivity index (χ3n) is 2.32. The Morgan fingerprint density at radius 2 is 2.20 bits per heavy atom. The van der Waals surface area contributed by atoms with Gasteiger partial charge in [0.15, 0.2) is 0 Å². The van der Waals surface area contributed by atoms with Gasteiger partial charge in [-0.3, -0.25) is 0 Å². The number of halogens is 1. The predicted octanol–water partition coefficient (Wildman–Crippen LogP) is 2.82. The number of hydrogen-bond donors (Lipinski definition) is 1. The Hall–Kier alpha value is -0.380. The lowest BCUT2D eigenvalue weighted by Gasteiger charge is -2.20. The van der Waals surface area contributed by atoms with Gasteiger partial charge in [-0.1, -0.05) is 35.0 Å². The van der Waals surface area contributed by atoms with Crippen LogP contribution < -0.4 is 0 Å².